The van der Waals surface area contributed by atoms with Gasteiger partial charge in [-0.3, -0.25) is 4.79 Å². The van der Waals surface area contributed by atoms with Crippen molar-refractivity contribution in [3.63, 3.8) is 0 Å². The van der Waals surface area contributed by atoms with Gasteiger partial charge in [0.1, 0.15) is 0 Å². The van der Waals surface area contributed by atoms with Gasteiger partial charge in [-0.15, -0.1) is 0 Å². The summed E-state index contributed by atoms with van der Waals surface area (Å²) in [6.45, 7) is 3.70. The number of rotatable bonds is 4. The van der Waals surface area contributed by atoms with E-state index in [9.17, 15) is 19.4 Å². The molecule has 5 N–H and O–H groups in total. The van der Waals surface area contributed by atoms with Crippen molar-refractivity contribution in [2.24, 2.45) is 11.1 Å². The van der Waals surface area contributed by atoms with Crippen LogP contribution in [0, 0.1) is 11.4 Å². The summed E-state index contributed by atoms with van der Waals surface area (Å²) >= 11 is 0. The zero-order chi connectivity index (χ0) is 20.9. The van der Waals surface area contributed by atoms with Crippen molar-refractivity contribution in [2.45, 2.75) is 38.5 Å². The molecule has 0 bridgehead atoms. The molecule has 0 aromatic carbocycles. The first kappa shape index (κ1) is 19.3. The van der Waals surface area contributed by atoms with Gasteiger partial charge in [0, 0.05) is 35.0 Å². The van der Waals surface area contributed by atoms with Crippen molar-refractivity contribution in [3.8, 4) is 11.1 Å². The molecule has 1 fully saturated rings. The van der Waals surface area contributed by atoms with Gasteiger partial charge in [-0.25, -0.2) is 9.50 Å². The average Bonchev–Trinajstić information content (AvgIpc) is 3.18. The standard InChI is InChI=1S/C20H22FN5O3/c1-20(2)15(6-14(27)18(20)28)25-17-12(19(22)29)8-24-26-9-11(5-13(17)26)10-3-4-16(21)23-7-10/h3-5,7-9,14-15,18,25,27-28H,6H2,1-2H3,(H2,22,29)/t14-,15-,18-/m1/s1. The molecule has 3 aromatic rings. The number of hydrogen-bond donors (Lipinski definition) is 4. The Kier molecular flexibility index (Phi) is 4.51. The Labute approximate surface area is 166 Å². The Morgan fingerprint density at radius 2 is 2.07 bits per heavy atom. The van der Waals surface area contributed by atoms with Crippen LogP contribution in [0.25, 0.3) is 16.6 Å². The summed E-state index contributed by atoms with van der Waals surface area (Å²) in [5.74, 6) is -1.22. The van der Waals surface area contributed by atoms with Crippen molar-refractivity contribution < 1.29 is 19.4 Å². The number of aromatic nitrogens is 3. The van der Waals surface area contributed by atoms with Gasteiger partial charge in [0.2, 0.25) is 5.95 Å². The number of carbonyl (C=O) groups excluding carboxylic acids is 1. The van der Waals surface area contributed by atoms with E-state index < -0.39 is 29.5 Å². The minimum Gasteiger partial charge on any atom is -0.390 e. The predicted octanol–water partition coefficient (Wildman–Crippen LogP) is 1.57. The molecule has 3 atom stereocenters. The molecule has 3 aromatic heterocycles. The van der Waals surface area contributed by atoms with Gasteiger partial charge in [0.15, 0.2) is 0 Å². The largest absolute Gasteiger partial charge is 0.390 e. The van der Waals surface area contributed by atoms with Crippen LogP contribution in [0.1, 0.15) is 30.6 Å². The van der Waals surface area contributed by atoms with Crippen LogP contribution in [0.15, 0.2) is 36.8 Å². The maximum atomic E-state index is 13.1. The molecule has 1 saturated carbocycles. The van der Waals surface area contributed by atoms with Gasteiger partial charge in [-0.2, -0.15) is 9.49 Å². The van der Waals surface area contributed by atoms with Crippen molar-refractivity contribution in [1.82, 2.24) is 14.6 Å². The van der Waals surface area contributed by atoms with Crippen molar-refractivity contribution in [3.05, 3.63) is 48.3 Å². The van der Waals surface area contributed by atoms with Gasteiger partial charge in [0.05, 0.1) is 35.2 Å². The summed E-state index contributed by atoms with van der Waals surface area (Å²) in [6.07, 6.45) is 3.07. The van der Waals surface area contributed by atoms with Crippen LogP contribution in [0.2, 0.25) is 0 Å². The van der Waals surface area contributed by atoms with Crippen LogP contribution in [-0.2, 0) is 0 Å². The summed E-state index contributed by atoms with van der Waals surface area (Å²) in [5, 5.41) is 28.0. The second-order valence-corrected chi connectivity index (χ2v) is 7.99. The van der Waals surface area contributed by atoms with E-state index in [2.05, 4.69) is 15.4 Å². The topological polar surface area (TPSA) is 126 Å². The molecule has 1 aliphatic carbocycles. The first-order chi connectivity index (χ1) is 13.7. The molecule has 29 heavy (non-hydrogen) atoms. The van der Waals surface area contributed by atoms with Gasteiger partial charge >= 0.3 is 0 Å². The molecule has 4 rings (SSSR count). The molecule has 0 radical (unpaired) electrons. The Bertz CT molecular complexity index is 1080. The highest BCUT2D eigenvalue weighted by molar-refractivity contribution is 6.02. The average molecular weight is 399 g/mol. The number of halogens is 1. The minimum absolute atomic E-state index is 0.200. The summed E-state index contributed by atoms with van der Waals surface area (Å²) in [7, 11) is 0. The van der Waals surface area contributed by atoms with Crippen LogP contribution < -0.4 is 11.1 Å². The lowest BCUT2D eigenvalue weighted by atomic mass is 9.85. The monoisotopic (exact) mass is 399 g/mol. The maximum absolute atomic E-state index is 13.1. The Balaban J connectivity index is 1.81. The smallest absolute Gasteiger partial charge is 0.252 e. The summed E-state index contributed by atoms with van der Waals surface area (Å²) in [5.41, 5.74) is 7.61. The van der Waals surface area contributed by atoms with E-state index in [0.717, 1.165) is 5.56 Å². The van der Waals surface area contributed by atoms with E-state index in [1.807, 2.05) is 13.8 Å². The molecule has 1 amide bonds. The molecular weight excluding hydrogens is 377 g/mol. The third kappa shape index (κ3) is 3.22. The fraction of sp³-hybridized carbons (Fsp3) is 0.350. The zero-order valence-electron chi connectivity index (χ0n) is 16.0. The van der Waals surface area contributed by atoms with Gasteiger partial charge < -0.3 is 21.3 Å². The number of pyridine rings is 1. The Morgan fingerprint density at radius 3 is 2.66 bits per heavy atom. The maximum Gasteiger partial charge on any atom is 0.252 e. The van der Waals surface area contributed by atoms with Crippen LogP contribution >= 0.6 is 0 Å². The number of nitrogens with one attached hydrogen (secondary N) is 1. The lowest BCUT2D eigenvalue weighted by Crippen LogP contribution is -2.39. The van der Waals surface area contributed by atoms with Crippen LogP contribution in [0.4, 0.5) is 10.1 Å². The Morgan fingerprint density at radius 1 is 1.31 bits per heavy atom. The molecule has 3 heterocycles. The van der Waals surface area contributed by atoms with Gasteiger partial charge in [-0.05, 0) is 24.6 Å². The molecule has 0 aliphatic heterocycles. The van der Waals surface area contributed by atoms with Gasteiger partial charge in [0.25, 0.3) is 5.91 Å². The highest BCUT2D eigenvalue weighted by atomic mass is 19.1. The van der Waals surface area contributed by atoms with Crippen molar-refractivity contribution >= 4 is 17.1 Å². The SMILES string of the molecule is CC1(C)[C@H](O)[C@H](O)C[C@H]1Nc1c(C(N)=O)cnn2cc(-c3ccc(F)nc3)cc12. The third-order valence-corrected chi connectivity index (χ3v) is 5.78. The second-order valence-electron chi connectivity index (χ2n) is 7.99. The first-order valence-corrected chi connectivity index (χ1v) is 9.24. The minimum atomic E-state index is -0.900. The van der Waals surface area contributed by atoms with E-state index in [4.69, 9.17) is 5.73 Å². The van der Waals surface area contributed by atoms with E-state index in [1.165, 1.54) is 18.5 Å². The molecule has 0 saturated heterocycles. The fourth-order valence-corrected chi connectivity index (χ4v) is 3.89. The lowest BCUT2D eigenvalue weighted by Gasteiger charge is -2.31. The highest BCUT2D eigenvalue weighted by Crippen LogP contribution is 2.41. The molecule has 1 aliphatic rings. The van der Waals surface area contributed by atoms with Crippen LogP contribution in [0.5, 0.6) is 0 Å². The van der Waals surface area contributed by atoms with E-state index >= 15 is 0 Å². The quantitative estimate of drug-likeness (QED) is 0.494. The highest BCUT2D eigenvalue weighted by Gasteiger charge is 2.48. The predicted molar refractivity (Wildman–Crippen MR) is 105 cm³/mol. The van der Waals surface area contributed by atoms with E-state index in [1.54, 1.807) is 22.8 Å². The van der Waals surface area contributed by atoms with Crippen LogP contribution in [0.3, 0.4) is 0 Å². The number of fused-ring (bicyclic) bond motifs is 1. The van der Waals surface area contributed by atoms with Crippen molar-refractivity contribution in [2.75, 3.05) is 5.32 Å². The zero-order valence-corrected chi connectivity index (χ0v) is 16.0. The Hall–Kier alpha value is -3.04. The molecule has 8 nitrogen and oxygen atoms in total. The summed E-state index contributed by atoms with van der Waals surface area (Å²) in [4.78, 5) is 15.7. The number of aliphatic hydroxyl groups excluding tert-OH is 2. The third-order valence-electron chi connectivity index (χ3n) is 5.78. The number of nitrogens with zero attached hydrogens (tertiary/aromatic N) is 3. The fourth-order valence-electron chi connectivity index (χ4n) is 3.89. The number of amides is 1. The first-order valence-electron chi connectivity index (χ1n) is 9.24. The summed E-state index contributed by atoms with van der Waals surface area (Å²) < 4.78 is 14.7. The number of nitrogens with two attached hydrogens (primary N) is 1. The number of primary amides is 1. The summed E-state index contributed by atoms with van der Waals surface area (Å²) in [6, 6.07) is 4.36. The normalized spacial score (nSPS) is 23.4. The second kappa shape index (κ2) is 6.78. The number of anilines is 1. The lowest BCUT2D eigenvalue weighted by molar-refractivity contribution is -0.00805. The van der Waals surface area contributed by atoms with E-state index in [0.29, 0.717) is 23.2 Å². The number of hydrogen-bond acceptors (Lipinski definition) is 6. The molecule has 0 unspecified atom stereocenters. The molecule has 152 valence electrons. The molecule has 9 heteroatoms. The number of carbonyl (C=O) groups is 1. The van der Waals surface area contributed by atoms with Crippen LogP contribution in [-0.4, -0.2) is 49.0 Å². The van der Waals surface area contributed by atoms with Gasteiger partial charge in [-0.1, -0.05) is 13.8 Å². The molecule has 0 spiro atoms. The number of aliphatic hydroxyl groups is 2. The van der Waals surface area contributed by atoms with Crippen molar-refractivity contribution in [1.29, 1.82) is 0 Å². The van der Waals surface area contributed by atoms with E-state index in [-0.39, 0.29) is 11.6 Å². The molecular formula is C20H22FN5O3.